The zero-order valence-electron chi connectivity index (χ0n) is 27.3. The molecule has 3 nitrogen and oxygen atoms in total. The standard InChI is InChI=1S/C47H29NO2/c1-28-11-10-20-45-46(28)41-27-42(36-16-6-7-18-38(36)47(41)50-45)48(30-22-24-44-40(26-30)37-17-8-9-19-43(37)49-44)29-21-23-35-33-14-3-2-12-31(33)32-13-4-5-15-34(32)39(35)25-29/h2-27H,1H3. The van der Waals surface area contributed by atoms with E-state index in [0.717, 1.165) is 71.7 Å². The Hall–Kier alpha value is -6.58. The van der Waals surface area contributed by atoms with Crippen LogP contribution in [0.3, 0.4) is 0 Å². The molecule has 0 saturated carbocycles. The highest BCUT2D eigenvalue weighted by molar-refractivity contribution is 6.26. The van der Waals surface area contributed by atoms with Crippen LogP contribution in [-0.4, -0.2) is 0 Å². The number of furan rings is 2. The number of rotatable bonds is 3. The van der Waals surface area contributed by atoms with Crippen LogP contribution in [0.25, 0.3) is 87.0 Å². The van der Waals surface area contributed by atoms with Crippen LogP contribution in [0.4, 0.5) is 17.1 Å². The van der Waals surface area contributed by atoms with Gasteiger partial charge >= 0.3 is 0 Å². The maximum atomic E-state index is 6.60. The fourth-order valence-corrected chi connectivity index (χ4v) is 8.31. The van der Waals surface area contributed by atoms with Crippen molar-refractivity contribution in [3.8, 4) is 0 Å². The lowest BCUT2D eigenvalue weighted by atomic mass is 9.93. The second-order valence-corrected chi connectivity index (χ2v) is 13.3. The van der Waals surface area contributed by atoms with Gasteiger partial charge in [0.1, 0.15) is 22.3 Å². The van der Waals surface area contributed by atoms with E-state index in [2.05, 4.69) is 157 Å². The van der Waals surface area contributed by atoms with Gasteiger partial charge in [0.05, 0.1) is 5.69 Å². The molecule has 9 aromatic carbocycles. The summed E-state index contributed by atoms with van der Waals surface area (Å²) in [5.74, 6) is 0. The van der Waals surface area contributed by atoms with Crippen molar-refractivity contribution in [1.29, 1.82) is 0 Å². The van der Waals surface area contributed by atoms with E-state index in [-0.39, 0.29) is 0 Å². The summed E-state index contributed by atoms with van der Waals surface area (Å²) in [7, 11) is 0. The molecule has 3 heteroatoms. The van der Waals surface area contributed by atoms with Crippen molar-refractivity contribution in [2.75, 3.05) is 4.90 Å². The summed E-state index contributed by atoms with van der Waals surface area (Å²) in [6, 6.07) is 56.6. The minimum atomic E-state index is 0.877. The first-order chi connectivity index (χ1) is 24.7. The Morgan fingerprint density at radius 3 is 1.64 bits per heavy atom. The van der Waals surface area contributed by atoms with Crippen LogP contribution in [-0.2, 0) is 0 Å². The maximum absolute atomic E-state index is 6.60. The molecule has 0 aliphatic heterocycles. The summed E-state index contributed by atoms with van der Waals surface area (Å²) in [6.45, 7) is 2.17. The van der Waals surface area contributed by atoms with Gasteiger partial charge < -0.3 is 13.7 Å². The highest BCUT2D eigenvalue weighted by Gasteiger charge is 2.22. The molecule has 0 fully saturated rings. The summed E-state index contributed by atoms with van der Waals surface area (Å²) in [6.07, 6.45) is 0. The molecule has 0 radical (unpaired) electrons. The van der Waals surface area contributed by atoms with Gasteiger partial charge in [-0.15, -0.1) is 0 Å². The van der Waals surface area contributed by atoms with E-state index in [9.17, 15) is 0 Å². The zero-order valence-corrected chi connectivity index (χ0v) is 27.3. The molecule has 0 spiro atoms. The van der Waals surface area contributed by atoms with Gasteiger partial charge in [-0.1, -0.05) is 109 Å². The molecular weight excluding hydrogens is 611 g/mol. The number of hydrogen-bond donors (Lipinski definition) is 0. The van der Waals surface area contributed by atoms with Gasteiger partial charge in [-0.2, -0.15) is 0 Å². The van der Waals surface area contributed by atoms with Crippen molar-refractivity contribution in [1.82, 2.24) is 0 Å². The van der Waals surface area contributed by atoms with Crippen LogP contribution < -0.4 is 4.90 Å². The van der Waals surface area contributed by atoms with Gasteiger partial charge in [0, 0.05) is 43.7 Å². The van der Waals surface area contributed by atoms with Crippen LogP contribution in [0, 0.1) is 6.92 Å². The Morgan fingerprint density at radius 1 is 0.360 bits per heavy atom. The molecule has 0 amide bonds. The zero-order chi connectivity index (χ0) is 32.9. The summed E-state index contributed by atoms with van der Waals surface area (Å²) in [4.78, 5) is 2.42. The van der Waals surface area contributed by atoms with Crippen molar-refractivity contribution < 1.29 is 8.83 Å². The van der Waals surface area contributed by atoms with Gasteiger partial charge in [-0.25, -0.2) is 0 Å². The van der Waals surface area contributed by atoms with Crippen LogP contribution in [0.2, 0.25) is 0 Å². The third-order valence-electron chi connectivity index (χ3n) is 10.5. The highest BCUT2D eigenvalue weighted by atomic mass is 16.3. The van der Waals surface area contributed by atoms with E-state index in [4.69, 9.17) is 8.83 Å². The second kappa shape index (κ2) is 10.2. The Kier molecular flexibility index (Phi) is 5.59. The van der Waals surface area contributed by atoms with E-state index in [1.54, 1.807) is 0 Å². The molecule has 0 N–H and O–H groups in total. The predicted octanol–water partition coefficient (Wildman–Crippen LogP) is 13.9. The smallest absolute Gasteiger partial charge is 0.143 e. The Bertz CT molecular complexity index is 3150. The third-order valence-corrected chi connectivity index (χ3v) is 10.5. The minimum absolute atomic E-state index is 0.877. The molecular formula is C47H29NO2. The Morgan fingerprint density at radius 2 is 0.900 bits per heavy atom. The first-order valence-electron chi connectivity index (χ1n) is 17.1. The fraction of sp³-hybridized carbons (Fsp3) is 0.0213. The second-order valence-electron chi connectivity index (χ2n) is 13.3. The highest BCUT2D eigenvalue weighted by Crippen LogP contribution is 2.47. The van der Waals surface area contributed by atoms with E-state index in [1.165, 1.54) is 37.9 Å². The fourth-order valence-electron chi connectivity index (χ4n) is 8.31. The first kappa shape index (κ1) is 27.4. The molecule has 0 unspecified atom stereocenters. The molecule has 2 aromatic heterocycles. The molecule has 11 rings (SSSR count). The molecule has 11 aromatic rings. The van der Waals surface area contributed by atoms with Gasteiger partial charge in [-0.05, 0) is 93.3 Å². The average Bonchev–Trinajstić information content (AvgIpc) is 3.74. The number of anilines is 3. The van der Waals surface area contributed by atoms with Gasteiger partial charge in [0.15, 0.2) is 0 Å². The molecule has 0 aliphatic carbocycles. The topological polar surface area (TPSA) is 29.5 Å². The van der Waals surface area contributed by atoms with Gasteiger partial charge in [0.2, 0.25) is 0 Å². The summed E-state index contributed by atoms with van der Waals surface area (Å²) in [5, 5.41) is 14.2. The molecule has 0 aliphatic rings. The van der Waals surface area contributed by atoms with E-state index in [1.807, 2.05) is 12.1 Å². The van der Waals surface area contributed by atoms with Crippen molar-refractivity contribution in [2.24, 2.45) is 0 Å². The van der Waals surface area contributed by atoms with Gasteiger partial charge in [-0.3, -0.25) is 0 Å². The SMILES string of the molecule is Cc1cccc2oc3c4ccccc4c(N(c4ccc5oc6ccccc6c5c4)c4ccc5c6ccccc6c6ccccc6c5c4)cc3c12. The lowest BCUT2D eigenvalue weighted by Gasteiger charge is -2.28. The normalized spacial score (nSPS) is 12.1. The third kappa shape index (κ3) is 3.80. The first-order valence-corrected chi connectivity index (χ1v) is 17.1. The maximum Gasteiger partial charge on any atom is 0.143 e. The molecule has 2 heterocycles. The molecule has 0 saturated heterocycles. The summed E-state index contributed by atoms with van der Waals surface area (Å²) in [5.41, 5.74) is 8.02. The lowest BCUT2D eigenvalue weighted by molar-refractivity contribution is 0.669. The molecule has 234 valence electrons. The van der Waals surface area contributed by atoms with E-state index >= 15 is 0 Å². The molecule has 0 atom stereocenters. The minimum Gasteiger partial charge on any atom is -0.456 e. The monoisotopic (exact) mass is 639 g/mol. The number of nitrogens with zero attached hydrogens (tertiary/aromatic N) is 1. The van der Waals surface area contributed by atoms with Crippen molar-refractivity contribution >= 4 is 104 Å². The number of hydrogen-bond acceptors (Lipinski definition) is 3. The Labute approximate surface area is 287 Å². The van der Waals surface area contributed by atoms with Crippen molar-refractivity contribution in [3.63, 3.8) is 0 Å². The molecule has 0 bridgehead atoms. The number of aryl methyl sites for hydroxylation is 1. The van der Waals surface area contributed by atoms with E-state index < -0.39 is 0 Å². The largest absolute Gasteiger partial charge is 0.456 e. The predicted molar refractivity (Wildman–Crippen MR) is 210 cm³/mol. The van der Waals surface area contributed by atoms with Gasteiger partial charge in [0.25, 0.3) is 0 Å². The number of para-hydroxylation sites is 1. The van der Waals surface area contributed by atoms with Crippen molar-refractivity contribution in [2.45, 2.75) is 6.92 Å². The van der Waals surface area contributed by atoms with Crippen LogP contribution in [0.5, 0.6) is 0 Å². The number of benzene rings is 9. The average molecular weight is 640 g/mol. The quantitative estimate of drug-likeness (QED) is 0.180. The Balaban J connectivity index is 1.28. The van der Waals surface area contributed by atoms with Crippen LogP contribution in [0.1, 0.15) is 5.56 Å². The van der Waals surface area contributed by atoms with Crippen LogP contribution >= 0.6 is 0 Å². The molecule has 50 heavy (non-hydrogen) atoms. The summed E-state index contributed by atoms with van der Waals surface area (Å²) < 4.78 is 12.9. The van der Waals surface area contributed by atoms with Crippen LogP contribution in [0.15, 0.2) is 167 Å². The number of fused-ring (bicyclic) bond motifs is 14. The lowest BCUT2D eigenvalue weighted by Crippen LogP contribution is -2.10. The summed E-state index contributed by atoms with van der Waals surface area (Å²) >= 11 is 0. The van der Waals surface area contributed by atoms with E-state index in [0.29, 0.717) is 0 Å². The van der Waals surface area contributed by atoms with Crippen molar-refractivity contribution in [3.05, 3.63) is 163 Å².